The predicted molar refractivity (Wildman–Crippen MR) is 105 cm³/mol. The Kier molecular flexibility index (Phi) is 5.80. The number of primary sulfonamides is 1. The molecule has 3 rings (SSSR count). The molecular weight excluding hydrogens is 380 g/mol. The van der Waals surface area contributed by atoms with Crippen molar-refractivity contribution in [2.24, 2.45) is 12.2 Å². The third kappa shape index (κ3) is 4.39. The first-order chi connectivity index (χ1) is 13.3. The lowest BCUT2D eigenvalue weighted by Crippen LogP contribution is -2.25. The van der Waals surface area contributed by atoms with Gasteiger partial charge < -0.3 is 14.5 Å². The lowest BCUT2D eigenvalue weighted by molar-refractivity contribution is -0.121. The summed E-state index contributed by atoms with van der Waals surface area (Å²) in [6, 6.07) is 4.67. The average molecular weight is 404 g/mol. The molecule has 0 fully saturated rings. The van der Waals surface area contributed by atoms with Crippen LogP contribution in [0.5, 0.6) is 0 Å². The first kappa shape index (κ1) is 20.0. The zero-order valence-electron chi connectivity index (χ0n) is 15.9. The van der Waals surface area contributed by atoms with E-state index in [0.717, 1.165) is 30.1 Å². The molecule has 0 saturated carbocycles. The molecule has 9 nitrogen and oxygen atoms in total. The van der Waals surface area contributed by atoms with E-state index in [1.165, 1.54) is 12.1 Å². The van der Waals surface area contributed by atoms with Crippen LogP contribution >= 0.6 is 0 Å². The summed E-state index contributed by atoms with van der Waals surface area (Å²) in [6.45, 7) is 3.15. The largest absolute Gasteiger partial charge is 0.349 e. The maximum absolute atomic E-state index is 12.2. The number of sulfonamides is 1. The van der Waals surface area contributed by atoms with Crippen molar-refractivity contribution in [1.29, 1.82) is 0 Å². The summed E-state index contributed by atoms with van der Waals surface area (Å²) in [5, 5.41) is 8.07. The molecule has 0 saturated heterocycles. The van der Waals surface area contributed by atoms with E-state index in [4.69, 9.17) is 5.14 Å². The lowest BCUT2D eigenvalue weighted by atomic mass is 10.2. The maximum atomic E-state index is 12.2. The minimum absolute atomic E-state index is 0.0282. The molecule has 2 heterocycles. The van der Waals surface area contributed by atoms with Gasteiger partial charge in [-0.25, -0.2) is 23.5 Å². The Morgan fingerprint density at radius 2 is 2.07 bits per heavy atom. The first-order valence-corrected chi connectivity index (χ1v) is 10.6. The van der Waals surface area contributed by atoms with E-state index < -0.39 is 10.0 Å². The van der Waals surface area contributed by atoms with Crippen molar-refractivity contribution >= 4 is 27.0 Å². The van der Waals surface area contributed by atoms with E-state index in [9.17, 15) is 13.2 Å². The highest BCUT2D eigenvalue weighted by Crippen LogP contribution is 2.21. The number of hydrogen-bond donors (Lipinski definition) is 2. The molecule has 10 heteroatoms. The summed E-state index contributed by atoms with van der Waals surface area (Å²) in [5.41, 5.74) is 1.39. The van der Waals surface area contributed by atoms with Crippen LogP contribution in [-0.4, -0.2) is 33.4 Å². The maximum Gasteiger partial charge on any atom is 0.238 e. The molecule has 3 N–H and O–H groups in total. The molecule has 0 radical (unpaired) electrons. The number of aryl methyl sites for hydroxylation is 3. The molecule has 1 amide bonds. The summed E-state index contributed by atoms with van der Waals surface area (Å²) in [5.74, 6) is 1.43. The summed E-state index contributed by atoms with van der Waals surface area (Å²) in [7, 11) is -1.92. The van der Waals surface area contributed by atoms with Crippen LogP contribution in [0.15, 0.2) is 35.5 Å². The average Bonchev–Trinajstić information content (AvgIpc) is 3.20. The van der Waals surface area contributed by atoms with Crippen LogP contribution in [0, 0.1) is 0 Å². The van der Waals surface area contributed by atoms with Gasteiger partial charge in [0.1, 0.15) is 11.6 Å². The van der Waals surface area contributed by atoms with Gasteiger partial charge in [-0.15, -0.1) is 0 Å². The summed E-state index contributed by atoms with van der Waals surface area (Å²) < 4.78 is 27.0. The zero-order valence-corrected chi connectivity index (χ0v) is 16.7. The third-order valence-electron chi connectivity index (χ3n) is 4.51. The van der Waals surface area contributed by atoms with E-state index in [2.05, 4.69) is 15.3 Å². The molecular formula is C18H24N6O3S. The summed E-state index contributed by atoms with van der Waals surface area (Å²) in [4.78, 5) is 21.0. The minimum Gasteiger partial charge on any atom is -0.349 e. The molecule has 2 aromatic heterocycles. The van der Waals surface area contributed by atoms with Crippen LogP contribution in [0.4, 0.5) is 0 Å². The quantitative estimate of drug-likeness (QED) is 0.581. The van der Waals surface area contributed by atoms with E-state index >= 15 is 0 Å². The normalized spacial score (nSPS) is 11.8. The van der Waals surface area contributed by atoms with Crippen molar-refractivity contribution in [2.75, 3.05) is 0 Å². The van der Waals surface area contributed by atoms with Crippen LogP contribution in [0.2, 0.25) is 0 Å². The standard InChI is InChI=1S/C18H24N6O3S/c1-3-9-24-15-5-4-13(28(19,26)27)11-14(15)22-16(24)6-7-18(25)21-12-17-20-8-10-23(17)2/h4-5,8,10-11H,3,6-7,9,12H2,1-2H3,(H,21,25)(H2,19,26,27). The van der Waals surface area contributed by atoms with Gasteiger partial charge in [0, 0.05) is 38.8 Å². The van der Waals surface area contributed by atoms with Crippen molar-refractivity contribution in [3.63, 3.8) is 0 Å². The van der Waals surface area contributed by atoms with Gasteiger partial charge >= 0.3 is 0 Å². The number of benzene rings is 1. The second kappa shape index (κ2) is 8.11. The van der Waals surface area contributed by atoms with Gasteiger partial charge in [-0.1, -0.05) is 6.92 Å². The number of hydrogen-bond acceptors (Lipinski definition) is 5. The summed E-state index contributed by atoms with van der Waals surface area (Å²) in [6.07, 6.45) is 5.13. The number of carbonyl (C=O) groups is 1. The topological polar surface area (TPSA) is 125 Å². The Balaban J connectivity index is 1.74. The molecule has 0 bridgehead atoms. The predicted octanol–water partition coefficient (Wildman–Crippen LogP) is 1.08. The fourth-order valence-corrected chi connectivity index (χ4v) is 3.59. The van der Waals surface area contributed by atoms with Crippen molar-refractivity contribution in [2.45, 2.75) is 44.2 Å². The second-order valence-corrected chi connectivity index (χ2v) is 8.17. The number of nitrogens with two attached hydrogens (primary N) is 1. The van der Waals surface area contributed by atoms with E-state index in [1.807, 2.05) is 29.3 Å². The van der Waals surface area contributed by atoms with Crippen molar-refractivity contribution in [3.05, 3.63) is 42.2 Å². The van der Waals surface area contributed by atoms with Crippen LogP contribution in [0.3, 0.4) is 0 Å². The number of imidazole rings is 2. The highest BCUT2D eigenvalue weighted by atomic mass is 32.2. The van der Waals surface area contributed by atoms with Crippen LogP contribution < -0.4 is 10.5 Å². The van der Waals surface area contributed by atoms with Gasteiger partial charge in [-0.3, -0.25) is 4.79 Å². The molecule has 0 unspecified atom stereocenters. The number of nitrogens with one attached hydrogen (secondary N) is 1. The highest BCUT2D eigenvalue weighted by Gasteiger charge is 2.15. The molecule has 0 spiro atoms. The monoisotopic (exact) mass is 404 g/mol. The number of amides is 1. The third-order valence-corrected chi connectivity index (χ3v) is 5.43. The summed E-state index contributed by atoms with van der Waals surface area (Å²) >= 11 is 0. The number of fused-ring (bicyclic) bond motifs is 1. The van der Waals surface area contributed by atoms with Crippen molar-refractivity contribution < 1.29 is 13.2 Å². The lowest BCUT2D eigenvalue weighted by Gasteiger charge is -2.08. The molecule has 0 aliphatic rings. The molecule has 1 aromatic carbocycles. The fourth-order valence-electron chi connectivity index (χ4n) is 3.06. The highest BCUT2D eigenvalue weighted by molar-refractivity contribution is 7.89. The zero-order chi connectivity index (χ0) is 20.3. The smallest absolute Gasteiger partial charge is 0.238 e. The first-order valence-electron chi connectivity index (χ1n) is 9.04. The Morgan fingerprint density at radius 1 is 1.29 bits per heavy atom. The van der Waals surface area contributed by atoms with Gasteiger partial charge in [0.15, 0.2) is 0 Å². The van der Waals surface area contributed by atoms with E-state index in [-0.39, 0.29) is 17.2 Å². The number of carbonyl (C=O) groups excluding carboxylic acids is 1. The van der Waals surface area contributed by atoms with Gasteiger partial charge in [-0.05, 0) is 24.6 Å². The molecule has 3 aromatic rings. The number of rotatable bonds is 8. The van der Waals surface area contributed by atoms with Gasteiger partial charge in [0.05, 0.1) is 22.5 Å². The number of nitrogens with zero attached hydrogens (tertiary/aromatic N) is 4. The van der Waals surface area contributed by atoms with Crippen LogP contribution in [0.25, 0.3) is 11.0 Å². The van der Waals surface area contributed by atoms with Gasteiger partial charge in [-0.2, -0.15) is 0 Å². The molecule has 0 aliphatic carbocycles. The fraction of sp³-hybridized carbons (Fsp3) is 0.389. The van der Waals surface area contributed by atoms with Gasteiger partial charge in [0.2, 0.25) is 15.9 Å². The van der Waals surface area contributed by atoms with Crippen molar-refractivity contribution in [3.8, 4) is 0 Å². The van der Waals surface area contributed by atoms with Crippen LogP contribution in [0.1, 0.15) is 31.4 Å². The van der Waals surface area contributed by atoms with Crippen LogP contribution in [-0.2, 0) is 41.4 Å². The van der Waals surface area contributed by atoms with Gasteiger partial charge in [0.25, 0.3) is 0 Å². The van der Waals surface area contributed by atoms with E-state index in [1.54, 1.807) is 12.3 Å². The minimum atomic E-state index is -3.79. The molecule has 0 aliphatic heterocycles. The Morgan fingerprint density at radius 3 is 2.71 bits per heavy atom. The molecule has 150 valence electrons. The molecule has 0 atom stereocenters. The second-order valence-electron chi connectivity index (χ2n) is 6.61. The van der Waals surface area contributed by atoms with Crippen molar-refractivity contribution in [1.82, 2.24) is 24.4 Å². The Bertz CT molecular complexity index is 1100. The SMILES string of the molecule is CCCn1c(CCC(=O)NCc2nccn2C)nc2cc(S(N)(=O)=O)ccc21. The van der Waals surface area contributed by atoms with E-state index in [0.29, 0.717) is 18.5 Å². The Labute approximate surface area is 163 Å². The number of aromatic nitrogens is 4. The Hall–Kier alpha value is -2.72. The molecule has 28 heavy (non-hydrogen) atoms.